The molecule has 0 bridgehead atoms. The summed E-state index contributed by atoms with van der Waals surface area (Å²) in [7, 11) is 0. The highest BCUT2D eigenvalue weighted by Crippen LogP contribution is 2.30. The van der Waals surface area contributed by atoms with Gasteiger partial charge in [-0.2, -0.15) is 0 Å². The topological polar surface area (TPSA) is 81.7 Å². The van der Waals surface area contributed by atoms with Crippen LogP contribution in [0.3, 0.4) is 0 Å². The van der Waals surface area contributed by atoms with Crippen molar-refractivity contribution in [3.8, 4) is 0 Å². The smallest absolute Gasteiger partial charge is 0.310 e. The van der Waals surface area contributed by atoms with Crippen molar-refractivity contribution in [2.24, 2.45) is 5.41 Å². The summed E-state index contributed by atoms with van der Waals surface area (Å²) in [4.78, 5) is 25.7. The molecule has 6 heteroatoms. The minimum Gasteiger partial charge on any atom is -0.481 e. The first-order valence-electron chi connectivity index (χ1n) is 7.97. The summed E-state index contributed by atoms with van der Waals surface area (Å²) in [6.45, 7) is 9.43. The number of hydrogen-bond donors (Lipinski definition) is 3. The molecule has 3 N–H and O–H groups in total. The standard InChI is InChI=1S/C15H29N3O3/c1-3-15(4-2,14(20)21)12-13(19)17-6-5-9-18-10-7-16-8-11-18/h16H,3-12H2,1-2H3,(H,17,19)(H,20,21). The molecular formula is C15H29N3O3. The van der Waals surface area contributed by atoms with Crippen LogP contribution in [0.1, 0.15) is 39.5 Å². The minimum absolute atomic E-state index is 0.0724. The van der Waals surface area contributed by atoms with Gasteiger partial charge in [0.25, 0.3) is 0 Å². The Kier molecular flexibility index (Phi) is 7.67. The molecule has 21 heavy (non-hydrogen) atoms. The van der Waals surface area contributed by atoms with Gasteiger partial charge in [-0.1, -0.05) is 13.8 Å². The summed E-state index contributed by atoms with van der Waals surface area (Å²) in [5, 5.41) is 15.5. The van der Waals surface area contributed by atoms with Crippen molar-refractivity contribution in [2.45, 2.75) is 39.5 Å². The SMILES string of the molecule is CCC(CC)(CC(=O)NCCCN1CCNCC1)C(=O)O. The van der Waals surface area contributed by atoms with Gasteiger partial charge in [0.1, 0.15) is 0 Å². The van der Waals surface area contributed by atoms with Crippen LogP contribution in [0.5, 0.6) is 0 Å². The average molecular weight is 299 g/mol. The lowest BCUT2D eigenvalue weighted by Crippen LogP contribution is -2.44. The van der Waals surface area contributed by atoms with Gasteiger partial charge in [-0.3, -0.25) is 9.59 Å². The number of carbonyl (C=O) groups is 2. The molecule has 0 unspecified atom stereocenters. The number of nitrogens with zero attached hydrogens (tertiary/aromatic N) is 1. The fraction of sp³-hybridized carbons (Fsp3) is 0.867. The number of carboxylic acids is 1. The third-order valence-electron chi connectivity index (χ3n) is 4.49. The number of hydrogen-bond acceptors (Lipinski definition) is 4. The summed E-state index contributed by atoms with van der Waals surface area (Å²) in [5.74, 6) is -1.02. The maximum absolute atomic E-state index is 11.9. The van der Waals surface area contributed by atoms with E-state index in [1.807, 2.05) is 13.8 Å². The van der Waals surface area contributed by atoms with E-state index < -0.39 is 11.4 Å². The van der Waals surface area contributed by atoms with Gasteiger partial charge in [0.2, 0.25) is 5.91 Å². The van der Waals surface area contributed by atoms with Gasteiger partial charge in [0.05, 0.1) is 5.41 Å². The normalized spacial score (nSPS) is 16.7. The molecule has 0 aromatic carbocycles. The molecule has 0 aliphatic carbocycles. The highest BCUT2D eigenvalue weighted by molar-refractivity contribution is 5.84. The van der Waals surface area contributed by atoms with Crippen LogP contribution in [0.25, 0.3) is 0 Å². The van der Waals surface area contributed by atoms with Gasteiger partial charge in [-0.05, 0) is 25.8 Å². The quantitative estimate of drug-likeness (QED) is 0.545. The predicted octanol–water partition coefficient (Wildman–Crippen LogP) is 0.679. The van der Waals surface area contributed by atoms with Crippen LogP contribution in [-0.2, 0) is 9.59 Å². The van der Waals surface area contributed by atoms with Gasteiger partial charge in [0.15, 0.2) is 0 Å². The van der Waals surface area contributed by atoms with E-state index in [-0.39, 0.29) is 12.3 Å². The van der Waals surface area contributed by atoms with Crippen molar-refractivity contribution in [3.63, 3.8) is 0 Å². The number of piperazine rings is 1. The van der Waals surface area contributed by atoms with E-state index in [0.717, 1.165) is 39.1 Å². The van der Waals surface area contributed by atoms with Crippen molar-refractivity contribution in [2.75, 3.05) is 39.3 Å². The Hall–Kier alpha value is -1.14. The molecule has 1 heterocycles. The van der Waals surface area contributed by atoms with Crippen LogP contribution in [0.2, 0.25) is 0 Å². The molecular weight excluding hydrogens is 270 g/mol. The first-order valence-corrected chi connectivity index (χ1v) is 7.97. The van der Waals surface area contributed by atoms with Crippen LogP contribution in [0.15, 0.2) is 0 Å². The molecule has 1 amide bonds. The molecule has 0 aromatic heterocycles. The van der Waals surface area contributed by atoms with Crippen molar-refractivity contribution in [3.05, 3.63) is 0 Å². The first kappa shape index (κ1) is 17.9. The lowest BCUT2D eigenvalue weighted by molar-refractivity contribution is -0.152. The monoisotopic (exact) mass is 299 g/mol. The summed E-state index contributed by atoms with van der Waals surface area (Å²) in [5.41, 5.74) is -0.914. The summed E-state index contributed by atoms with van der Waals surface area (Å²) >= 11 is 0. The maximum atomic E-state index is 11.9. The highest BCUT2D eigenvalue weighted by atomic mass is 16.4. The number of nitrogens with one attached hydrogen (secondary N) is 2. The second kappa shape index (κ2) is 9.00. The van der Waals surface area contributed by atoms with Crippen LogP contribution in [0, 0.1) is 5.41 Å². The fourth-order valence-electron chi connectivity index (χ4n) is 2.71. The molecule has 0 atom stereocenters. The molecule has 0 aromatic rings. The second-order valence-electron chi connectivity index (χ2n) is 5.76. The fourth-order valence-corrected chi connectivity index (χ4v) is 2.71. The Labute approximate surface area is 127 Å². The molecule has 0 radical (unpaired) electrons. The van der Waals surface area contributed by atoms with Crippen molar-refractivity contribution in [1.29, 1.82) is 0 Å². The predicted molar refractivity (Wildman–Crippen MR) is 82.2 cm³/mol. The molecule has 1 aliphatic heterocycles. The van der Waals surface area contributed by atoms with Crippen molar-refractivity contribution < 1.29 is 14.7 Å². The Morgan fingerprint density at radius 1 is 1.24 bits per heavy atom. The van der Waals surface area contributed by atoms with E-state index >= 15 is 0 Å². The maximum Gasteiger partial charge on any atom is 0.310 e. The number of aliphatic carboxylic acids is 1. The molecule has 1 aliphatic rings. The number of carboxylic acid groups (broad SMARTS) is 1. The van der Waals surface area contributed by atoms with E-state index in [1.54, 1.807) is 0 Å². The van der Waals surface area contributed by atoms with Gasteiger partial charge >= 0.3 is 5.97 Å². The summed E-state index contributed by atoms with van der Waals surface area (Å²) in [6.07, 6.45) is 1.94. The van der Waals surface area contributed by atoms with Crippen LogP contribution in [-0.4, -0.2) is 61.2 Å². The lowest BCUT2D eigenvalue weighted by Gasteiger charge is -2.27. The van der Waals surface area contributed by atoms with E-state index in [1.165, 1.54) is 0 Å². The van der Waals surface area contributed by atoms with E-state index in [4.69, 9.17) is 0 Å². The largest absolute Gasteiger partial charge is 0.481 e. The zero-order valence-electron chi connectivity index (χ0n) is 13.3. The molecule has 1 rings (SSSR count). The number of carbonyl (C=O) groups excluding carboxylic acids is 1. The third-order valence-corrected chi connectivity index (χ3v) is 4.49. The zero-order valence-corrected chi connectivity index (χ0v) is 13.3. The third kappa shape index (κ3) is 5.63. The minimum atomic E-state index is -0.914. The van der Waals surface area contributed by atoms with Gasteiger partial charge in [-0.25, -0.2) is 0 Å². The molecule has 1 fully saturated rings. The molecule has 0 saturated carbocycles. The molecule has 1 saturated heterocycles. The van der Waals surface area contributed by atoms with E-state index in [2.05, 4.69) is 15.5 Å². The summed E-state index contributed by atoms with van der Waals surface area (Å²) in [6, 6.07) is 0. The van der Waals surface area contributed by atoms with Crippen LogP contribution < -0.4 is 10.6 Å². The highest BCUT2D eigenvalue weighted by Gasteiger charge is 2.36. The molecule has 0 spiro atoms. The Morgan fingerprint density at radius 2 is 1.86 bits per heavy atom. The Morgan fingerprint density at radius 3 is 2.38 bits per heavy atom. The summed E-state index contributed by atoms with van der Waals surface area (Å²) < 4.78 is 0. The first-order chi connectivity index (χ1) is 10.0. The Balaban J connectivity index is 2.25. The van der Waals surface area contributed by atoms with Crippen molar-refractivity contribution in [1.82, 2.24) is 15.5 Å². The second-order valence-corrected chi connectivity index (χ2v) is 5.76. The average Bonchev–Trinajstić information content (AvgIpc) is 2.50. The van der Waals surface area contributed by atoms with Gasteiger partial charge in [-0.15, -0.1) is 0 Å². The number of rotatable bonds is 9. The van der Waals surface area contributed by atoms with Gasteiger partial charge in [0, 0.05) is 39.1 Å². The molecule has 6 nitrogen and oxygen atoms in total. The molecule has 122 valence electrons. The lowest BCUT2D eigenvalue weighted by atomic mass is 9.79. The van der Waals surface area contributed by atoms with E-state index in [9.17, 15) is 14.7 Å². The van der Waals surface area contributed by atoms with Crippen molar-refractivity contribution >= 4 is 11.9 Å². The Bertz CT molecular complexity index is 337. The van der Waals surface area contributed by atoms with Gasteiger partial charge < -0.3 is 20.6 Å². The zero-order chi connectivity index (χ0) is 15.7. The van der Waals surface area contributed by atoms with Crippen LogP contribution >= 0.6 is 0 Å². The van der Waals surface area contributed by atoms with Crippen LogP contribution in [0.4, 0.5) is 0 Å². The van der Waals surface area contributed by atoms with E-state index in [0.29, 0.717) is 19.4 Å². The number of amides is 1.